The molecule has 0 N–H and O–H groups in total. The van der Waals surface area contributed by atoms with Crippen molar-refractivity contribution in [1.29, 1.82) is 0 Å². The Morgan fingerprint density at radius 1 is 1.10 bits per heavy atom. The van der Waals surface area contributed by atoms with Crippen LogP contribution < -0.4 is 9.47 Å². The minimum absolute atomic E-state index is 0.148. The lowest BCUT2D eigenvalue weighted by molar-refractivity contribution is -0.137. The summed E-state index contributed by atoms with van der Waals surface area (Å²) < 4.78 is 59.1. The molecule has 5 nitrogen and oxygen atoms in total. The average molecular weight is 444 g/mol. The number of carbonyl (C=O) groups is 1. The van der Waals surface area contributed by atoms with Gasteiger partial charge in [0.1, 0.15) is 24.2 Å². The van der Waals surface area contributed by atoms with Crippen LogP contribution in [-0.2, 0) is 20.4 Å². The summed E-state index contributed by atoms with van der Waals surface area (Å²) in [6.07, 6.45) is -4.61. The number of ether oxygens (including phenoxy) is 4. The van der Waals surface area contributed by atoms with Crippen LogP contribution in [0.25, 0.3) is 0 Å². The van der Waals surface area contributed by atoms with E-state index < -0.39 is 11.7 Å². The number of hydrogen-bond donors (Lipinski definition) is 0. The zero-order chi connectivity index (χ0) is 22.0. The first kappa shape index (κ1) is 23.9. The molecule has 2 rings (SSSR count). The standard InChI is InChI=1S/C21H23F3O5S/c1-3-27-18(11-28-17-6-4-16(5-7-17)21(22,23)24)12-30-19-8-9-20(15(2)10-19)29-14-26-13-25/h4-10,13,18H,3,11-12,14H2,1-2H3/t18-/m1/s1. The van der Waals surface area contributed by atoms with E-state index in [-0.39, 0.29) is 19.5 Å². The van der Waals surface area contributed by atoms with Crippen LogP contribution in [0.1, 0.15) is 18.1 Å². The highest BCUT2D eigenvalue weighted by Crippen LogP contribution is 2.30. The summed E-state index contributed by atoms with van der Waals surface area (Å²) in [5.74, 6) is 1.57. The van der Waals surface area contributed by atoms with Crippen LogP contribution in [0.3, 0.4) is 0 Å². The summed E-state index contributed by atoms with van der Waals surface area (Å²) in [6, 6.07) is 10.2. The number of thioether (sulfide) groups is 1. The molecule has 0 aliphatic rings. The SMILES string of the molecule is CCO[C@H](COc1ccc(C(F)(F)F)cc1)CSc1ccc(OCOC=O)c(C)c1. The molecular weight excluding hydrogens is 421 g/mol. The number of alkyl halides is 3. The van der Waals surface area contributed by atoms with E-state index in [2.05, 4.69) is 4.74 Å². The molecule has 9 heteroatoms. The molecule has 2 aromatic rings. The Morgan fingerprint density at radius 2 is 1.83 bits per heavy atom. The third-order valence-corrected chi connectivity index (χ3v) is 5.08. The van der Waals surface area contributed by atoms with Gasteiger partial charge in [-0.2, -0.15) is 13.2 Å². The first-order chi connectivity index (χ1) is 14.3. The lowest BCUT2D eigenvalue weighted by atomic mass is 10.2. The molecule has 0 saturated carbocycles. The van der Waals surface area contributed by atoms with E-state index in [1.165, 1.54) is 12.1 Å². The Labute approximate surface area is 177 Å². The van der Waals surface area contributed by atoms with Gasteiger partial charge in [-0.05, 0) is 61.9 Å². The molecule has 1 atom stereocenters. The summed E-state index contributed by atoms with van der Waals surface area (Å²) in [4.78, 5) is 11.2. The van der Waals surface area contributed by atoms with Gasteiger partial charge in [0, 0.05) is 17.3 Å². The van der Waals surface area contributed by atoms with E-state index in [0.29, 0.717) is 30.3 Å². The Morgan fingerprint density at radius 3 is 2.43 bits per heavy atom. The Kier molecular flexibility index (Phi) is 9.32. The van der Waals surface area contributed by atoms with Gasteiger partial charge in [0.25, 0.3) is 6.47 Å². The minimum Gasteiger partial charge on any atom is -0.491 e. The van der Waals surface area contributed by atoms with Crippen molar-refractivity contribution in [2.24, 2.45) is 0 Å². The van der Waals surface area contributed by atoms with Gasteiger partial charge in [-0.1, -0.05) is 0 Å². The van der Waals surface area contributed by atoms with Crippen molar-refractivity contribution in [2.75, 3.05) is 25.8 Å². The highest BCUT2D eigenvalue weighted by Gasteiger charge is 2.30. The molecule has 0 fully saturated rings. The number of halogens is 3. The van der Waals surface area contributed by atoms with Crippen molar-refractivity contribution in [1.82, 2.24) is 0 Å². The van der Waals surface area contributed by atoms with Crippen LogP contribution in [0.4, 0.5) is 13.2 Å². The van der Waals surface area contributed by atoms with Gasteiger partial charge in [-0.25, -0.2) is 0 Å². The fourth-order valence-corrected chi connectivity index (χ4v) is 3.49. The van der Waals surface area contributed by atoms with E-state index in [1.54, 1.807) is 17.8 Å². The molecule has 0 unspecified atom stereocenters. The average Bonchev–Trinajstić information content (AvgIpc) is 2.71. The predicted molar refractivity (Wildman–Crippen MR) is 107 cm³/mol. The molecule has 0 aromatic heterocycles. The molecule has 0 saturated heterocycles. The summed E-state index contributed by atoms with van der Waals surface area (Å²) in [5, 5.41) is 0. The van der Waals surface area contributed by atoms with Crippen molar-refractivity contribution >= 4 is 18.2 Å². The van der Waals surface area contributed by atoms with Crippen LogP contribution >= 0.6 is 11.8 Å². The largest absolute Gasteiger partial charge is 0.491 e. The van der Waals surface area contributed by atoms with Gasteiger partial charge in [-0.15, -0.1) is 11.8 Å². The molecule has 0 amide bonds. The first-order valence-corrected chi connectivity index (χ1v) is 10.1. The highest BCUT2D eigenvalue weighted by molar-refractivity contribution is 7.99. The molecule has 0 radical (unpaired) electrons. The van der Waals surface area contributed by atoms with Gasteiger partial charge in [0.15, 0.2) is 0 Å². The number of rotatable bonds is 12. The van der Waals surface area contributed by atoms with Crippen LogP contribution in [0.15, 0.2) is 47.4 Å². The molecule has 164 valence electrons. The maximum atomic E-state index is 12.6. The zero-order valence-electron chi connectivity index (χ0n) is 16.6. The zero-order valence-corrected chi connectivity index (χ0v) is 17.4. The monoisotopic (exact) mass is 444 g/mol. The summed E-state index contributed by atoms with van der Waals surface area (Å²) >= 11 is 1.56. The van der Waals surface area contributed by atoms with E-state index >= 15 is 0 Å². The molecular formula is C21H23F3O5S. The van der Waals surface area contributed by atoms with Gasteiger partial charge in [0.2, 0.25) is 6.79 Å². The number of carbonyl (C=O) groups excluding carboxylic acids is 1. The fourth-order valence-electron chi connectivity index (χ4n) is 2.50. The second-order valence-electron chi connectivity index (χ2n) is 6.17. The number of hydrogen-bond acceptors (Lipinski definition) is 6. The van der Waals surface area contributed by atoms with Gasteiger partial charge in [-0.3, -0.25) is 4.79 Å². The van der Waals surface area contributed by atoms with Crippen molar-refractivity contribution in [3.05, 3.63) is 53.6 Å². The molecule has 0 aliphatic heterocycles. The van der Waals surface area contributed by atoms with Crippen LogP contribution in [0.2, 0.25) is 0 Å². The van der Waals surface area contributed by atoms with Crippen LogP contribution in [-0.4, -0.2) is 38.3 Å². The smallest absolute Gasteiger partial charge is 0.416 e. The van der Waals surface area contributed by atoms with E-state index in [0.717, 1.165) is 22.6 Å². The van der Waals surface area contributed by atoms with Gasteiger partial charge < -0.3 is 18.9 Å². The van der Waals surface area contributed by atoms with E-state index in [1.807, 2.05) is 26.0 Å². The highest BCUT2D eigenvalue weighted by atomic mass is 32.2. The Balaban J connectivity index is 1.88. The van der Waals surface area contributed by atoms with Crippen molar-refractivity contribution in [3.63, 3.8) is 0 Å². The second-order valence-corrected chi connectivity index (χ2v) is 7.27. The molecule has 0 spiro atoms. The predicted octanol–water partition coefficient (Wildman–Crippen LogP) is 5.10. The van der Waals surface area contributed by atoms with Gasteiger partial charge in [0.05, 0.1) is 5.56 Å². The fraction of sp³-hybridized carbons (Fsp3) is 0.381. The van der Waals surface area contributed by atoms with E-state index in [4.69, 9.17) is 14.2 Å². The molecule has 0 heterocycles. The summed E-state index contributed by atoms with van der Waals surface area (Å²) in [6.45, 7) is 4.63. The Bertz CT molecular complexity index is 796. The topological polar surface area (TPSA) is 54.0 Å². The molecule has 2 aromatic carbocycles. The first-order valence-electron chi connectivity index (χ1n) is 9.16. The van der Waals surface area contributed by atoms with Crippen LogP contribution in [0, 0.1) is 6.92 Å². The van der Waals surface area contributed by atoms with Gasteiger partial charge >= 0.3 is 6.18 Å². The lowest BCUT2D eigenvalue weighted by Gasteiger charge is -2.18. The van der Waals surface area contributed by atoms with Crippen molar-refractivity contribution in [3.8, 4) is 11.5 Å². The van der Waals surface area contributed by atoms with Crippen molar-refractivity contribution < 1.29 is 36.9 Å². The second kappa shape index (κ2) is 11.7. The number of benzene rings is 2. The molecule has 30 heavy (non-hydrogen) atoms. The third kappa shape index (κ3) is 7.79. The summed E-state index contributed by atoms with van der Waals surface area (Å²) in [5.41, 5.74) is 0.177. The molecule has 0 bridgehead atoms. The summed E-state index contributed by atoms with van der Waals surface area (Å²) in [7, 11) is 0. The number of aryl methyl sites for hydroxylation is 1. The maximum absolute atomic E-state index is 12.6. The van der Waals surface area contributed by atoms with Crippen LogP contribution in [0.5, 0.6) is 11.5 Å². The third-order valence-electron chi connectivity index (χ3n) is 3.95. The Hall–Kier alpha value is -2.39. The molecule has 0 aliphatic carbocycles. The van der Waals surface area contributed by atoms with E-state index in [9.17, 15) is 18.0 Å². The lowest BCUT2D eigenvalue weighted by Crippen LogP contribution is -2.24. The quantitative estimate of drug-likeness (QED) is 0.197. The van der Waals surface area contributed by atoms with Crippen molar-refractivity contribution in [2.45, 2.75) is 31.0 Å². The maximum Gasteiger partial charge on any atom is 0.416 e. The minimum atomic E-state index is -4.37. The normalized spacial score (nSPS) is 12.3.